The third kappa shape index (κ3) is 2.40. The van der Waals surface area contributed by atoms with Gasteiger partial charge in [-0.3, -0.25) is 13.3 Å². The maximum absolute atomic E-state index is 14.0. The van der Waals surface area contributed by atoms with Crippen molar-refractivity contribution < 1.29 is 21.2 Å². The van der Waals surface area contributed by atoms with Crippen LogP contribution in [0.2, 0.25) is 0 Å². The van der Waals surface area contributed by atoms with Gasteiger partial charge in [0.15, 0.2) is 0 Å². The zero-order valence-corrected chi connectivity index (χ0v) is 13.5. The van der Waals surface area contributed by atoms with E-state index in [0.717, 1.165) is 25.0 Å². The quantitative estimate of drug-likeness (QED) is 0.851. The smallest absolute Gasteiger partial charge is 0.268 e. The highest BCUT2D eigenvalue weighted by Gasteiger charge is 2.36. The van der Waals surface area contributed by atoms with Crippen LogP contribution in [0.15, 0.2) is 12.1 Å². The van der Waals surface area contributed by atoms with Crippen molar-refractivity contribution in [3.05, 3.63) is 17.9 Å². The fourth-order valence-corrected chi connectivity index (χ4v) is 3.57. The van der Waals surface area contributed by atoms with Gasteiger partial charge in [0, 0.05) is 34.3 Å². The van der Waals surface area contributed by atoms with Crippen LogP contribution < -0.4 is 13.3 Å². The molecule has 0 bridgehead atoms. The van der Waals surface area contributed by atoms with Gasteiger partial charge in [-0.05, 0) is 6.07 Å². The Morgan fingerprint density at radius 2 is 1.62 bits per heavy atom. The molecule has 1 heterocycles. The summed E-state index contributed by atoms with van der Waals surface area (Å²) in [4.78, 5) is 0. The molecule has 0 radical (unpaired) electrons. The zero-order chi connectivity index (χ0) is 16.2. The molecule has 1 N–H and O–H groups in total. The summed E-state index contributed by atoms with van der Waals surface area (Å²) in [5, 5.41) is 0. The van der Waals surface area contributed by atoms with Crippen molar-refractivity contribution in [1.82, 2.24) is 4.31 Å². The molecule has 118 valence electrons. The van der Waals surface area contributed by atoms with Gasteiger partial charge in [-0.15, -0.1) is 0 Å². The monoisotopic (exact) mass is 338 g/mol. The number of anilines is 3. The summed E-state index contributed by atoms with van der Waals surface area (Å²) in [5.74, 6) is -0.864. The molecule has 0 amide bonds. The second-order valence-corrected chi connectivity index (χ2v) is 8.53. The number of halogens is 1. The lowest BCUT2D eigenvalue weighted by Gasteiger charge is -2.15. The van der Waals surface area contributed by atoms with Crippen LogP contribution in [0.25, 0.3) is 0 Å². The fourth-order valence-electron chi connectivity index (χ4n) is 1.80. The van der Waals surface area contributed by atoms with Crippen molar-refractivity contribution in [1.29, 1.82) is 0 Å². The lowest BCUT2D eigenvalue weighted by atomic mass is 10.2. The van der Waals surface area contributed by atoms with Gasteiger partial charge in [-0.1, -0.05) is 0 Å². The largest absolute Gasteiger partial charge is 0.326 e. The van der Waals surface area contributed by atoms with Crippen LogP contribution in [0.3, 0.4) is 0 Å². The third-order valence-electron chi connectivity index (χ3n) is 3.15. The molecule has 21 heavy (non-hydrogen) atoms. The second-order valence-electron chi connectivity index (χ2n) is 4.65. The van der Waals surface area contributed by atoms with E-state index in [0.29, 0.717) is 0 Å². The average molecular weight is 338 g/mol. The Kier molecular flexibility index (Phi) is 3.54. The van der Waals surface area contributed by atoms with E-state index in [9.17, 15) is 21.2 Å². The predicted octanol–water partition coefficient (Wildman–Crippen LogP) is 0.175. The van der Waals surface area contributed by atoms with Crippen LogP contribution in [0.4, 0.5) is 21.5 Å². The summed E-state index contributed by atoms with van der Waals surface area (Å²) in [6.07, 6.45) is 0. The minimum Gasteiger partial charge on any atom is -0.268 e. The average Bonchev–Trinajstić information content (AvgIpc) is 2.52. The van der Waals surface area contributed by atoms with Crippen molar-refractivity contribution >= 4 is 37.5 Å². The van der Waals surface area contributed by atoms with Crippen molar-refractivity contribution in [3.8, 4) is 0 Å². The molecule has 1 aromatic rings. The highest BCUT2D eigenvalue weighted by Crippen LogP contribution is 2.41. The van der Waals surface area contributed by atoms with Crippen LogP contribution in [0.1, 0.15) is 0 Å². The number of rotatable bonds is 3. The predicted molar refractivity (Wildman–Crippen MR) is 78.4 cm³/mol. The van der Waals surface area contributed by atoms with Gasteiger partial charge in [0.05, 0.1) is 17.1 Å². The van der Waals surface area contributed by atoms with Crippen molar-refractivity contribution in [2.24, 2.45) is 0 Å². The first-order chi connectivity index (χ1) is 9.48. The minimum atomic E-state index is -3.89. The van der Waals surface area contributed by atoms with Crippen LogP contribution in [-0.2, 0) is 20.4 Å². The van der Waals surface area contributed by atoms with Gasteiger partial charge in [0.25, 0.3) is 0 Å². The molecule has 0 spiro atoms. The Balaban J connectivity index is 2.55. The van der Waals surface area contributed by atoms with Gasteiger partial charge in [0.1, 0.15) is 5.82 Å². The van der Waals surface area contributed by atoms with E-state index in [4.69, 9.17) is 0 Å². The van der Waals surface area contributed by atoms with Crippen molar-refractivity contribution in [3.63, 3.8) is 0 Å². The Labute approximate surface area is 123 Å². The van der Waals surface area contributed by atoms with E-state index in [1.54, 1.807) is 0 Å². The highest BCUT2D eigenvalue weighted by molar-refractivity contribution is 7.94. The fraction of sp³-hybridized carbons (Fsp3) is 0.400. The Hall–Kier alpha value is -1.59. The SMILES string of the molecule is CN(C)S(=O)(=O)Nc1cc2c(cc1F)N(C)S(=O)(=O)N2C. The molecule has 1 aromatic carbocycles. The van der Waals surface area contributed by atoms with Gasteiger partial charge in [-0.2, -0.15) is 21.1 Å². The Morgan fingerprint density at radius 1 is 1.14 bits per heavy atom. The van der Waals surface area contributed by atoms with Crippen LogP contribution in [-0.4, -0.2) is 49.3 Å². The van der Waals surface area contributed by atoms with Gasteiger partial charge in [0.2, 0.25) is 0 Å². The molecular weight excluding hydrogens is 323 g/mol. The van der Waals surface area contributed by atoms with E-state index >= 15 is 0 Å². The van der Waals surface area contributed by atoms with E-state index < -0.39 is 26.2 Å². The Morgan fingerprint density at radius 3 is 2.10 bits per heavy atom. The lowest BCUT2D eigenvalue weighted by Crippen LogP contribution is -2.32. The highest BCUT2D eigenvalue weighted by atomic mass is 32.2. The van der Waals surface area contributed by atoms with Crippen molar-refractivity contribution in [2.75, 3.05) is 41.5 Å². The molecule has 0 saturated carbocycles. The van der Waals surface area contributed by atoms with Crippen molar-refractivity contribution in [2.45, 2.75) is 0 Å². The molecule has 8 nitrogen and oxygen atoms in total. The summed E-state index contributed by atoms with van der Waals surface area (Å²) in [7, 11) is -2.46. The molecule has 1 aliphatic rings. The second kappa shape index (κ2) is 4.71. The summed E-state index contributed by atoms with van der Waals surface area (Å²) in [6, 6.07) is 2.12. The van der Waals surface area contributed by atoms with E-state index in [1.807, 2.05) is 0 Å². The van der Waals surface area contributed by atoms with Gasteiger partial charge >= 0.3 is 20.4 Å². The first kappa shape index (κ1) is 15.8. The summed E-state index contributed by atoms with van der Waals surface area (Å²) in [6.45, 7) is 0. The molecule has 0 unspecified atom stereocenters. The van der Waals surface area contributed by atoms with Gasteiger partial charge in [-0.25, -0.2) is 4.39 Å². The third-order valence-corrected chi connectivity index (χ3v) is 6.37. The molecule has 0 aliphatic carbocycles. The lowest BCUT2D eigenvalue weighted by molar-refractivity contribution is 0.526. The standard InChI is InChI=1S/C10H15FN4O4S2/c1-13(2)20(16,17)12-8-6-10-9(5-7(8)11)14(3)21(18,19)15(10)4/h5-6,12H,1-4H3. The minimum absolute atomic E-state index is 0.141. The number of nitrogens with one attached hydrogen (secondary N) is 1. The van der Waals surface area contributed by atoms with Crippen LogP contribution in [0, 0.1) is 5.82 Å². The number of nitrogens with zero attached hydrogens (tertiary/aromatic N) is 3. The topological polar surface area (TPSA) is 90.0 Å². The molecule has 2 rings (SSSR count). The number of hydrogen-bond donors (Lipinski definition) is 1. The summed E-state index contributed by atoms with van der Waals surface area (Å²) >= 11 is 0. The molecular formula is C10H15FN4O4S2. The molecule has 0 saturated heterocycles. The Bertz CT molecular complexity index is 792. The van der Waals surface area contributed by atoms with Crippen LogP contribution in [0.5, 0.6) is 0 Å². The molecule has 0 fully saturated rings. The van der Waals surface area contributed by atoms with Crippen LogP contribution >= 0.6 is 0 Å². The molecule has 11 heteroatoms. The molecule has 0 aromatic heterocycles. The molecule has 0 atom stereocenters. The normalized spacial score (nSPS) is 17.2. The van der Waals surface area contributed by atoms with E-state index in [1.165, 1.54) is 28.2 Å². The number of benzene rings is 1. The van der Waals surface area contributed by atoms with Gasteiger partial charge < -0.3 is 0 Å². The zero-order valence-electron chi connectivity index (χ0n) is 11.8. The maximum atomic E-state index is 14.0. The first-order valence-corrected chi connectivity index (χ1v) is 8.59. The number of hydrogen-bond acceptors (Lipinski definition) is 4. The molecule has 1 aliphatic heterocycles. The number of fused-ring (bicyclic) bond motifs is 1. The van der Waals surface area contributed by atoms with E-state index in [2.05, 4.69) is 4.72 Å². The van der Waals surface area contributed by atoms with E-state index in [-0.39, 0.29) is 17.1 Å². The summed E-state index contributed by atoms with van der Waals surface area (Å²) < 4.78 is 66.2. The maximum Gasteiger partial charge on any atom is 0.326 e. The first-order valence-electron chi connectivity index (χ1n) is 5.75. The summed E-state index contributed by atoms with van der Waals surface area (Å²) in [5.41, 5.74) is 0.0120.